The van der Waals surface area contributed by atoms with E-state index in [1.165, 1.54) is 0 Å². The van der Waals surface area contributed by atoms with Crippen LogP contribution < -0.4 is 5.32 Å². The van der Waals surface area contributed by atoms with Gasteiger partial charge in [-0.15, -0.1) is 0 Å². The molecule has 0 radical (unpaired) electrons. The number of benzene rings is 1. The molecule has 2 N–H and O–H groups in total. The summed E-state index contributed by atoms with van der Waals surface area (Å²) >= 11 is 0. The molecule has 3 heteroatoms. The fraction of sp³-hybridized carbons (Fsp3) is 0.400. The highest BCUT2D eigenvalue weighted by Crippen LogP contribution is 2.02. The van der Waals surface area contributed by atoms with Crippen LogP contribution in [0.25, 0.3) is 0 Å². The van der Waals surface area contributed by atoms with Gasteiger partial charge in [0, 0.05) is 13.1 Å². The average molecular weight is 181 g/mol. The van der Waals surface area contributed by atoms with Gasteiger partial charge in [-0.25, -0.2) is 0 Å². The van der Waals surface area contributed by atoms with Gasteiger partial charge in [-0.1, -0.05) is 18.2 Å². The second kappa shape index (κ2) is 6.46. The maximum Gasteiger partial charge on any atom is 0.115 e. The van der Waals surface area contributed by atoms with Crippen LogP contribution in [0.3, 0.4) is 0 Å². The van der Waals surface area contributed by atoms with Crippen LogP contribution >= 0.6 is 0 Å². The molecule has 0 bridgehead atoms. The zero-order valence-corrected chi connectivity index (χ0v) is 7.57. The number of nitrogens with one attached hydrogen (secondary N) is 1. The maximum atomic E-state index is 8.63. The minimum absolute atomic E-state index is 0.322. The summed E-state index contributed by atoms with van der Waals surface area (Å²) in [5.41, 5.74) is 0. The monoisotopic (exact) mass is 181 g/mol. The SMILES string of the molecule is C1COCCN1.Oc1ccccc1. The average Bonchev–Trinajstić information content (AvgIpc) is 2.22. The van der Waals surface area contributed by atoms with Gasteiger partial charge in [-0.2, -0.15) is 0 Å². The summed E-state index contributed by atoms with van der Waals surface area (Å²) in [5, 5.41) is 11.8. The number of phenolic OH excluding ortho intramolecular Hbond substituents is 1. The summed E-state index contributed by atoms with van der Waals surface area (Å²) in [7, 11) is 0. The number of hydrogen-bond acceptors (Lipinski definition) is 3. The van der Waals surface area contributed by atoms with Gasteiger partial charge < -0.3 is 15.2 Å². The molecule has 0 atom stereocenters. The molecule has 0 amide bonds. The summed E-state index contributed by atoms with van der Waals surface area (Å²) in [5.74, 6) is 0.322. The zero-order valence-electron chi connectivity index (χ0n) is 7.57. The fourth-order valence-corrected chi connectivity index (χ4v) is 0.944. The molecule has 72 valence electrons. The third kappa shape index (κ3) is 5.22. The van der Waals surface area contributed by atoms with Gasteiger partial charge in [0.2, 0.25) is 0 Å². The third-order valence-corrected chi connectivity index (χ3v) is 1.60. The van der Waals surface area contributed by atoms with Gasteiger partial charge in [0.25, 0.3) is 0 Å². The molecule has 1 saturated heterocycles. The molecule has 1 aliphatic heterocycles. The van der Waals surface area contributed by atoms with E-state index in [1.807, 2.05) is 6.07 Å². The molecule has 1 aliphatic rings. The highest BCUT2D eigenvalue weighted by atomic mass is 16.5. The Labute approximate surface area is 78.3 Å². The van der Waals surface area contributed by atoms with E-state index in [4.69, 9.17) is 9.84 Å². The minimum atomic E-state index is 0.322. The van der Waals surface area contributed by atoms with E-state index in [9.17, 15) is 0 Å². The van der Waals surface area contributed by atoms with E-state index in [2.05, 4.69) is 5.32 Å². The van der Waals surface area contributed by atoms with Crippen molar-refractivity contribution in [2.24, 2.45) is 0 Å². The molecule has 1 aromatic rings. The van der Waals surface area contributed by atoms with Crippen molar-refractivity contribution in [1.29, 1.82) is 0 Å². The van der Waals surface area contributed by atoms with Crippen LogP contribution in [0.2, 0.25) is 0 Å². The van der Waals surface area contributed by atoms with E-state index in [0.717, 1.165) is 26.3 Å². The molecule has 0 aromatic heterocycles. The molecule has 0 unspecified atom stereocenters. The largest absolute Gasteiger partial charge is 0.508 e. The Morgan fingerprint density at radius 3 is 1.92 bits per heavy atom. The molecule has 3 nitrogen and oxygen atoms in total. The van der Waals surface area contributed by atoms with Gasteiger partial charge in [0.05, 0.1) is 13.2 Å². The molecule has 1 heterocycles. The molecule has 0 saturated carbocycles. The van der Waals surface area contributed by atoms with E-state index in [-0.39, 0.29) is 0 Å². The molecule has 1 fully saturated rings. The number of hydrogen-bond donors (Lipinski definition) is 2. The van der Waals surface area contributed by atoms with Crippen molar-refractivity contribution in [2.75, 3.05) is 26.3 Å². The smallest absolute Gasteiger partial charge is 0.115 e. The molecule has 13 heavy (non-hydrogen) atoms. The number of morpholine rings is 1. The van der Waals surface area contributed by atoms with Crippen molar-refractivity contribution in [3.63, 3.8) is 0 Å². The standard InChI is InChI=1S/C6H6O.C4H9NO/c7-6-4-2-1-3-5-6;1-3-6-4-2-5-1/h1-5,7H;5H,1-4H2. The molecule has 2 rings (SSSR count). The van der Waals surface area contributed by atoms with E-state index in [1.54, 1.807) is 24.3 Å². The van der Waals surface area contributed by atoms with Crippen LogP contribution in [0.5, 0.6) is 5.75 Å². The van der Waals surface area contributed by atoms with Crippen molar-refractivity contribution in [3.8, 4) is 5.75 Å². The Morgan fingerprint density at radius 1 is 1.08 bits per heavy atom. The highest BCUT2D eigenvalue weighted by Gasteiger charge is 1.92. The van der Waals surface area contributed by atoms with Crippen molar-refractivity contribution in [2.45, 2.75) is 0 Å². The van der Waals surface area contributed by atoms with Crippen LogP contribution in [0.4, 0.5) is 0 Å². The second-order valence-corrected chi connectivity index (χ2v) is 2.70. The summed E-state index contributed by atoms with van der Waals surface area (Å²) in [6.45, 7) is 3.83. The van der Waals surface area contributed by atoms with Crippen LogP contribution in [-0.2, 0) is 4.74 Å². The Kier molecular flexibility index (Phi) is 4.98. The van der Waals surface area contributed by atoms with Gasteiger partial charge in [-0.05, 0) is 12.1 Å². The lowest BCUT2D eigenvalue weighted by Gasteiger charge is -2.10. The van der Waals surface area contributed by atoms with Crippen molar-refractivity contribution < 1.29 is 9.84 Å². The van der Waals surface area contributed by atoms with Gasteiger partial charge in [0.15, 0.2) is 0 Å². The summed E-state index contributed by atoms with van der Waals surface area (Å²) in [6, 6.07) is 8.71. The Balaban J connectivity index is 0.000000132. The summed E-state index contributed by atoms with van der Waals surface area (Å²) < 4.78 is 5.01. The lowest BCUT2D eigenvalue weighted by molar-refractivity contribution is 0.109. The highest BCUT2D eigenvalue weighted by molar-refractivity contribution is 5.18. The van der Waals surface area contributed by atoms with E-state index in [0.29, 0.717) is 5.75 Å². The second-order valence-electron chi connectivity index (χ2n) is 2.70. The maximum absolute atomic E-state index is 8.63. The summed E-state index contributed by atoms with van der Waals surface area (Å²) in [6.07, 6.45) is 0. The number of rotatable bonds is 0. The van der Waals surface area contributed by atoms with Crippen LogP contribution in [0.1, 0.15) is 0 Å². The first-order valence-corrected chi connectivity index (χ1v) is 4.42. The third-order valence-electron chi connectivity index (χ3n) is 1.60. The van der Waals surface area contributed by atoms with Crippen LogP contribution in [0, 0.1) is 0 Å². The normalized spacial score (nSPS) is 15.7. The first kappa shape index (κ1) is 10.0. The Hall–Kier alpha value is -1.06. The van der Waals surface area contributed by atoms with Gasteiger partial charge in [-0.3, -0.25) is 0 Å². The molecule has 0 spiro atoms. The van der Waals surface area contributed by atoms with Gasteiger partial charge >= 0.3 is 0 Å². The predicted molar refractivity (Wildman–Crippen MR) is 51.8 cm³/mol. The molecular formula is C10H15NO2. The van der Waals surface area contributed by atoms with Crippen molar-refractivity contribution in [1.82, 2.24) is 5.32 Å². The number of phenols is 1. The number of ether oxygens (including phenoxy) is 1. The number of para-hydroxylation sites is 1. The van der Waals surface area contributed by atoms with Crippen LogP contribution in [-0.4, -0.2) is 31.4 Å². The topological polar surface area (TPSA) is 41.5 Å². The quantitative estimate of drug-likeness (QED) is 0.627. The van der Waals surface area contributed by atoms with Gasteiger partial charge in [0.1, 0.15) is 5.75 Å². The van der Waals surface area contributed by atoms with Crippen molar-refractivity contribution >= 4 is 0 Å². The lowest BCUT2D eigenvalue weighted by atomic mass is 10.3. The first-order chi connectivity index (χ1) is 6.39. The predicted octanol–water partition coefficient (Wildman–Crippen LogP) is 0.998. The number of aromatic hydroxyl groups is 1. The summed E-state index contributed by atoms with van der Waals surface area (Å²) in [4.78, 5) is 0. The van der Waals surface area contributed by atoms with Crippen molar-refractivity contribution in [3.05, 3.63) is 30.3 Å². The molecule has 0 aliphatic carbocycles. The Morgan fingerprint density at radius 2 is 1.69 bits per heavy atom. The fourth-order valence-electron chi connectivity index (χ4n) is 0.944. The van der Waals surface area contributed by atoms with E-state index < -0.39 is 0 Å². The lowest BCUT2D eigenvalue weighted by Crippen LogP contribution is -2.30. The minimum Gasteiger partial charge on any atom is -0.508 e. The first-order valence-electron chi connectivity index (χ1n) is 4.42. The molecular weight excluding hydrogens is 166 g/mol. The zero-order chi connectivity index (χ0) is 9.36. The molecule has 1 aromatic carbocycles. The van der Waals surface area contributed by atoms with Crippen LogP contribution in [0.15, 0.2) is 30.3 Å². The Bertz CT molecular complexity index is 198. The van der Waals surface area contributed by atoms with E-state index >= 15 is 0 Å².